The van der Waals surface area contributed by atoms with E-state index in [1.54, 1.807) is 31.3 Å². The van der Waals surface area contributed by atoms with Gasteiger partial charge in [0.1, 0.15) is 6.04 Å². The predicted octanol–water partition coefficient (Wildman–Crippen LogP) is 1.52. The lowest BCUT2D eigenvalue weighted by atomic mass is 10.2. The lowest BCUT2D eigenvalue weighted by molar-refractivity contribution is -0.141. The Morgan fingerprint density at radius 3 is 2.21 bits per heavy atom. The molecule has 0 radical (unpaired) electrons. The van der Waals surface area contributed by atoms with Gasteiger partial charge in [-0.05, 0) is 31.2 Å². The van der Waals surface area contributed by atoms with Crippen molar-refractivity contribution in [2.24, 2.45) is 0 Å². The van der Waals surface area contributed by atoms with Gasteiger partial charge in [-0.3, -0.25) is 4.90 Å². The molecule has 0 aliphatic rings. The van der Waals surface area contributed by atoms with Gasteiger partial charge in [-0.1, -0.05) is 0 Å². The fourth-order valence-electron chi connectivity index (χ4n) is 1.44. The van der Waals surface area contributed by atoms with Gasteiger partial charge in [0.05, 0.1) is 11.6 Å². The van der Waals surface area contributed by atoms with Crippen LogP contribution in [0.15, 0.2) is 24.3 Å². The number of carboxylic acids is 1. The summed E-state index contributed by atoms with van der Waals surface area (Å²) in [5.41, 5.74) is 1.09. The third kappa shape index (κ3) is 3.22. The van der Waals surface area contributed by atoms with Gasteiger partial charge >= 0.3 is 12.0 Å². The molecule has 0 saturated heterocycles. The molecule has 0 aromatic heterocycles. The summed E-state index contributed by atoms with van der Waals surface area (Å²) >= 11 is 0. The molecule has 6 nitrogen and oxygen atoms in total. The number of benzene rings is 1. The number of nitrogens with zero attached hydrogens (tertiary/aromatic N) is 3. The summed E-state index contributed by atoms with van der Waals surface area (Å²) in [5.74, 6) is -1.07. The Kier molecular flexibility index (Phi) is 4.48. The highest BCUT2D eigenvalue weighted by Gasteiger charge is 2.24. The molecular formula is C13H15N3O3. The Morgan fingerprint density at radius 2 is 1.79 bits per heavy atom. The minimum Gasteiger partial charge on any atom is -0.480 e. The van der Waals surface area contributed by atoms with Crippen LogP contribution in [0.25, 0.3) is 0 Å². The normalized spacial score (nSPS) is 11.3. The maximum atomic E-state index is 12.1. The lowest BCUT2D eigenvalue weighted by Gasteiger charge is -2.27. The van der Waals surface area contributed by atoms with Gasteiger partial charge in [-0.25, -0.2) is 9.59 Å². The van der Waals surface area contributed by atoms with Gasteiger partial charge in [0.15, 0.2) is 0 Å². The molecule has 1 unspecified atom stereocenters. The predicted molar refractivity (Wildman–Crippen MR) is 69.8 cm³/mol. The van der Waals surface area contributed by atoms with Crippen LogP contribution in [0.4, 0.5) is 10.5 Å². The van der Waals surface area contributed by atoms with Gasteiger partial charge in [-0.2, -0.15) is 5.26 Å². The number of aliphatic carboxylic acids is 1. The fraction of sp³-hybridized carbons (Fsp3) is 0.308. The number of hydrogen-bond donors (Lipinski definition) is 1. The molecule has 1 aromatic rings. The first-order valence-corrected chi connectivity index (χ1v) is 5.62. The van der Waals surface area contributed by atoms with Crippen LogP contribution in [0.1, 0.15) is 12.5 Å². The van der Waals surface area contributed by atoms with E-state index in [-0.39, 0.29) is 0 Å². The Morgan fingerprint density at radius 1 is 1.26 bits per heavy atom. The van der Waals surface area contributed by atoms with Crippen LogP contribution >= 0.6 is 0 Å². The summed E-state index contributed by atoms with van der Waals surface area (Å²) in [6.07, 6.45) is 0. The Labute approximate surface area is 111 Å². The van der Waals surface area contributed by atoms with Gasteiger partial charge in [0.25, 0.3) is 0 Å². The van der Waals surface area contributed by atoms with Crippen molar-refractivity contribution in [3.63, 3.8) is 0 Å². The number of likely N-dealkylation sites (N-methyl/N-ethyl adjacent to an activating group) is 1. The quantitative estimate of drug-likeness (QED) is 0.893. The average molecular weight is 261 g/mol. The van der Waals surface area contributed by atoms with Crippen molar-refractivity contribution in [3.05, 3.63) is 29.8 Å². The van der Waals surface area contributed by atoms with E-state index in [2.05, 4.69) is 0 Å². The SMILES string of the molecule is CC(C(=O)O)N(C)C(=O)N(C)c1ccc(C#N)cc1. The summed E-state index contributed by atoms with van der Waals surface area (Å²) in [6, 6.07) is 7.11. The molecule has 0 heterocycles. The van der Waals surface area contributed by atoms with Crippen molar-refractivity contribution in [3.8, 4) is 6.07 Å². The molecule has 19 heavy (non-hydrogen) atoms. The first-order chi connectivity index (χ1) is 8.88. The number of carbonyl (C=O) groups is 2. The standard InChI is InChI=1S/C13H15N3O3/c1-9(12(17)18)15(2)13(19)16(3)11-6-4-10(8-14)5-7-11/h4-7,9H,1-3H3,(H,17,18). The third-order valence-corrected chi connectivity index (χ3v) is 2.91. The number of carbonyl (C=O) groups excluding carboxylic acids is 1. The van der Waals surface area contributed by atoms with Crippen LogP contribution in [0.3, 0.4) is 0 Å². The molecule has 0 aliphatic heterocycles. The number of urea groups is 1. The second-order valence-electron chi connectivity index (χ2n) is 4.13. The van der Waals surface area contributed by atoms with Crippen molar-refractivity contribution in [2.75, 3.05) is 19.0 Å². The van der Waals surface area contributed by atoms with Crippen LogP contribution in [0.2, 0.25) is 0 Å². The second-order valence-corrected chi connectivity index (χ2v) is 4.13. The summed E-state index contributed by atoms with van der Waals surface area (Å²) < 4.78 is 0. The van der Waals surface area contributed by atoms with Crippen LogP contribution < -0.4 is 4.90 Å². The molecule has 0 saturated carbocycles. The Hall–Kier alpha value is -2.55. The minimum absolute atomic E-state index is 0.431. The molecule has 2 amide bonds. The number of anilines is 1. The third-order valence-electron chi connectivity index (χ3n) is 2.91. The van der Waals surface area contributed by atoms with E-state index < -0.39 is 18.0 Å². The highest BCUT2D eigenvalue weighted by Crippen LogP contribution is 2.15. The van der Waals surface area contributed by atoms with E-state index in [0.717, 1.165) is 4.90 Å². The largest absolute Gasteiger partial charge is 0.480 e. The van der Waals surface area contributed by atoms with Crippen molar-refractivity contribution >= 4 is 17.7 Å². The molecule has 0 aliphatic carbocycles. The number of carboxylic acid groups (broad SMARTS) is 1. The maximum Gasteiger partial charge on any atom is 0.326 e. The van der Waals surface area contributed by atoms with Crippen molar-refractivity contribution in [2.45, 2.75) is 13.0 Å². The molecule has 1 atom stereocenters. The molecule has 100 valence electrons. The van der Waals surface area contributed by atoms with Gasteiger partial charge in [-0.15, -0.1) is 0 Å². The molecule has 1 aromatic carbocycles. The summed E-state index contributed by atoms with van der Waals surface area (Å²) in [4.78, 5) is 25.4. The first kappa shape index (κ1) is 14.5. The van der Waals surface area contributed by atoms with E-state index in [0.29, 0.717) is 11.3 Å². The smallest absolute Gasteiger partial charge is 0.326 e. The highest BCUT2D eigenvalue weighted by atomic mass is 16.4. The number of amides is 2. The second kappa shape index (κ2) is 5.87. The van der Waals surface area contributed by atoms with E-state index >= 15 is 0 Å². The fourth-order valence-corrected chi connectivity index (χ4v) is 1.44. The van der Waals surface area contributed by atoms with Gasteiger partial charge < -0.3 is 10.0 Å². The van der Waals surface area contributed by atoms with E-state index in [9.17, 15) is 9.59 Å². The monoisotopic (exact) mass is 261 g/mol. The minimum atomic E-state index is -1.07. The van der Waals surface area contributed by atoms with E-state index in [1.165, 1.54) is 18.9 Å². The number of rotatable bonds is 3. The molecule has 0 bridgehead atoms. The molecule has 1 rings (SSSR count). The zero-order chi connectivity index (χ0) is 14.6. The number of hydrogen-bond acceptors (Lipinski definition) is 3. The average Bonchev–Trinajstić information content (AvgIpc) is 2.44. The lowest BCUT2D eigenvalue weighted by Crippen LogP contribution is -2.46. The van der Waals surface area contributed by atoms with Crippen LogP contribution in [-0.4, -0.2) is 42.1 Å². The zero-order valence-electron chi connectivity index (χ0n) is 11.0. The highest BCUT2D eigenvalue weighted by molar-refractivity contribution is 5.93. The Balaban J connectivity index is 2.87. The van der Waals surface area contributed by atoms with Crippen LogP contribution in [0, 0.1) is 11.3 Å². The first-order valence-electron chi connectivity index (χ1n) is 5.62. The van der Waals surface area contributed by atoms with Crippen molar-refractivity contribution < 1.29 is 14.7 Å². The Bertz CT molecular complexity index is 519. The molecule has 0 spiro atoms. The summed E-state index contributed by atoms with van der Waals surface area (Å²) in [5, 5.41) is 17.6. The van der Waals surface area contributed by atoms with Gasteiger partial charge in [0.2, 0.25) is 0 Å². The van der Waals surface area contributed by atoms with Crippen molar-refractivity contribution in [1.82, 2.24) is 4.90 Å². The van der Waals surface area contributed by atoms with Crippen LogP contribution in [-0.2, 0) is 4.79 Å². The molecule has 6 heteroatoms. The van der Waals surface area contributed by atoms with E-state index in [1.807, 2.05) is 6.07 Å². The molecule has 1 N–H and O–H groups in total. The van der Waals surface area contributed by atoms with Crippen molar-refractivity contribution in [1.29, 1.82) is 5.26 Å². The summed E-state index contributed by atoms with van der Waals surface area (Å²) in [6.45, 7) is 1.44. The molecular weight excluding hydrogens is 246 g/mol. The van der Waals surface area contributed by atoms with E-state index in [4.69, 9.17) is 10.4 Å². The maximum absolute atomic E-state index is 12.1. The summed E-state index contributed by atoms with van der Waals surface area (Å²) in [7, 11) is 2.98. The molecule has 0 fully saturated rings. The zero-order valence-corrected chi connectivity index (χ0v) is 11.0. The van der Waals surface area contributed by atoms with Crippen LogP contribution in [0.5, 0.6) is 0 Å². The number of nitriles is 1. The van der Waals surface area contributed by atoms with Gasteiger partial charge in [0, 0.05) is 19.8 Å². The topological polar surface area (TPSA) is 84.6 Å².